The molecule has 1 amide bonds. The van der Waals surface area contributed by atoms with Gasteiger partial charge in [-0.15, -0.1) is 11.8 Å². The SMILES string of the molecule is O=C(O)C1CSCN1C(=O)c1cc(Cl)ccc1F. The van der Waals surface area contributed by atoms with E-state index in [0.717, 1.165) is 11.0 Å². The summed E-state index contributed by atoms with van der Waals surface area (Å²) in [6.07, 6.45) is 0. The van der Waals surface area contributed by atoms with Gasteiger partial charge in [0.2, 0.25) is 0 Å². The number of halogens is 2. The summed E-state index contributed by atoms with van der Waals surface area (Å²) in [6.45, 7) is 0. The van der Waals surface area contributed by atoms with E-state index in [4.69, 9.17) is 16.7 Å². The molecule has 0 aliphatic carbocycles. The first-order valence-electron chi connectivity index (χ1n) is 5.07. The van der Waals surface area contributed by atoms with Gasteiger partial charge >= 0.3 is 5.97 Å². The standard InChI is InChI=1S/C11H9ClFNO3S/c12-6-1-2-8(13)7(3-6)10(15)14-5-18-4-9(14)11(16)17/h1-3,9H,4-5H2,(H,16,17). The second-order valence-electron chi connectivity index (χ2n) is 3.75. The molecule has 4 nitrogen and oxygen atoms in total. The molecular weight excluding hydrogens is 281 g/mol. The Labute approximate surface area is 112 Å². The Morgan fingerprint density at radius 3 is 2.89 bits per heavy atom. The number of rotatable bonds is 2. The number of carbonyl (C=O) groups excluding carboxylic acids is 1. The lowest BCUT2D eigenvalue weighted by molar-refractivity contribution is -0.140. The summed E-state index contributed by atoms with van der Waals surface area (Å²) < 4.78 is 13.5. The summed E-state index contributed by atoms with van der Waals surface area (Å²) in [5, 5.41) is 9.21. The highest BCUT2D eigenvalue weighted by Crippen LogP contribution is 2.25. The Bertz CT molecular complexity index is 511. The van der Waals surface area contributed by atoms with Crippen LogP contribution in [0.3, 0.4) is 0 Å². The topological polar surface area (TPSA) is 57.6 Å². The molecule has 1 aromatic carbocycles. The van der Waals surface area contributed by atoms with Crippen molar-refractivity contribution >= 4 is 35.2 Å². The number of aliphatic carboxylic acids is 1. The number of hydrogen-bond acceptors (Lipinski definition) is 3. The summed E-state index contributed by atoms with van der Waals surface area (Å²) in [7, 11) is 0. The average molecular weight is 290 g/mol. The van der Waals surface area contributed by atoms with Crippen LogP contribution in [0.5, 0.6) is 0 Å². The molecule has 1 aromatic rings. The van der Waals surface area contributed by atoms with Crippen LogP contribution in [0.25, 0.3) is 0 Å². The Kier molecular flexibility index (Phi) is 3.77. The maximum absolute atomic E-state index is 13.5. The van der Waals surface area contributed by atoms with E-state index in [1.807, 2.05) is 0 Å². The van der Waals surface area contributed by atoms with Gasteiger partial charge in [-0.05, 0) is 18.2 Å². The monoisotopic (exact) mass is 289 g/mol. The smallest absolute Gasteiger partial charge is 0.327 e. The van der Waals surface area contributed by atoms with E-state index in [-0.39, 0.29) is 16.5 Å². The van der Waals surface area contributed by atoms with Crippen molar-refractivity contribution in [2.75, 3.05) is 11.6 Å². The van der Waals surface area contributed by atoms with Crippen molar-refractivity contribution in [1.82, 2.24) is 4.90 Å². The van der Waals surface area contributed by atoms with E-state index in [1.54, 1.807) is 0 Å². The normalized spacial score (nSPS) is 19.0. The minimum atomic E-state index is -1.09. The molecule has 1 atom stereocenters. The van der Waals surface area contributed by atoms with Gasteiger partial charge in [0.25, 0.3) is 5.91 Å². The first-order chi connectivity index (χ1) is 8.50. The Balaban J connectivity index is 2.31. The Morgan fingerprint density at radius 2 is 2.22 bits per heavy atom. The number of thioether (sulfide) groups is 1. The summed E-state index contributed by atoms with van der Waals surface area (Å²) in [5.41, 5.74) is -0.198. The highest BCUT2D eigenvalue weighted by molar-refractivity contribution is 7.99. The van der Waals surface area contributed by atoms with Crippen molar-refractivity contribution in [2.45, 2.75) is 6.04 Å². The Hall–Kier alpha value is -1.27. The molecule has 0 bridgehead atoms. The van der Waals surface area contributed by atoms with E-state index in [9.17, 15) is 14.0 Å². The van der Waals surface area contributed by atoms with Crippen molar-refractivity contribution < 1.29 is 19.1 Å². The van der Waals surface area contributed by atoms with E-state index in [2.05, 4.69) is 0 Å². The number of nitrogens with zero attached hydrogens (tertiary/aromatic N) is 1. The van der Waals surface area contributed by atoms with Crippen molar-refractivity contribution in [3.63, 3.8) is 0 Å². The average Bonchev–Trinajstić information content (AvgIpc) is 2.80. The molecule has 1 unspecified atom stereocenters. The van der Waals surface area contributed by atoms with Crippen molar-refractivity contribution in [3.05, 3.63) is 34.6 Å². The van der Waals surface area contributed by atoms with Crippen LogP contribution in [0.4, 0.5) is 4.39 Å². The summed E-state index contributed by atoms with van der Waals surface area (Å²) in [6, 6.07) is 2.72. The molecule has 1 saturated heterocycles. The second-order valence-corrected chi connectivity index (χ2v) is 5.19. The summed E-state index contributed by atoms with van der Waals surface area (Å²) in [5.74, 6) is -1.89. The number of hydrogen-bond donors (Lipinski definition) is 1. The largest absolute Gasteiger partial charge is 0.480 e. The lowest BCUT2D eigenvalue weighted by atomic mass is 10.1. The van der Waals surface area contributed by atoms with Crippen LogP contribution >= 0.6 is 23.4 Å². The highest BCUT2D eigenvalue weighted by atomic mass is 35.5. The van der Waals surface area contributed by atoms with Crippen LogP contribution < -0.4 is 0 Å². The zero-order valence-electron chi connectivity index (χ0n) is 9.10. The first kappa shape index (κ1) is 13.2. The van der Waals surface area contributed by atoms with Gasteiger partial charge in [0, 0.05) is 10.8 Å². The quantitative estimate of drug-likeness (QED) is 0.905. The number of amides is 1. The molecule has 1 aliphatic rings. The number of carboxylic acid groups (broad SMARTS) is 1. The lowest BCUT2D eigenvalue weighted by Gasteiger charge is -2.20. The lowest BCUT2D eigenvalue weighted by Crippen LogP contribution is -2.42. The Morgan fingerprint density at radius 1 is 1.50 bits per heavy atom. The van der Waals surface area contributed by atoms with Gasteiger partial charge in [-0.1, -0.05) is 11.6 Å². The predicted octanol–water partition coefficient (Wildman–Crippen LogP) is 2.08. The molecule has 1 N–H and O–H groups in total. The highest BCUT2D eigenvalue weighted by Gasteiger charge is 2.35. The van der Waals surface area contributed by atoms with E-state index < -0.39 is 23.7 Å². The van der Waals surface area contributed by atoms with Crippen LogP contribution in [-0.4, -0.2) is 39.6 Å². The van der Waals surface area contributed by atoms with Crippen LogP contribution in [0, 0.1) is 5.82 Å². The molecule has 18 heavy (non-hydrogen) atoms. The molecule has 1 heterocycles. The molecule has 0 aromatic heterocycles. The van der Waals surface area contributed by atoms with Gasteiger partial charge < -0.3 is 10.0 Å². The maximum atomic E-state index is 13.5. The van der Waals surface area contributed by atoms with Crippen LogP contribution in [0.2, 0.25) is 5.02 Å². The number of benzene rings is 1. The fourth-order valence-corrected chi connectivity index (χ4v) is 2.98. The summed E-state index contributed by atoms with van der Waals surface area (Å²) >= 11 is 7.03. The van der Waals surface area contributed by atoms with Crippen LogP contribution in [0.1, 0.15) is 10.4 Å². The molecular formula is C11H9ClFNO3S. The first-order valence-corrected chi connectivity index (χ1v) is 6.60. The third kappa shape index (κ3) is 2.44. The third-order valence-electron chi connectivity index (χ3n) is 2.59. The van der Waals surface area contributed by atoms with Crippen molar-refractivity contribution in [3.8, 4) is 0 Å². The summed E-state index contributed by atoms with van der Waals surface area (Å²) in [4.78, 5) is 24.2. The van der Waals surface area contributed by atoms with Gasteiger partial charge in [-0.2, -0.15) is 0 Å². The van der Waals surface area contributed by atoms with Gasteiger partial charge in [-0.3, -0.25) is 4.79 Å². The van der Waals surface area contributed by atoms with Gasteiger partial charge in [0.1, 0.15) is 11.9 Å². The molecule has 0 spiro atoms. The van der Waals surface area contributed by atoms with E-state index in [1.165, 1.54) is 23.9 Å². The fourth-order valence-electron chi connectivity index (χ4n) is 1.66. The van der Waals surface area contributed by atoms with E-state index in [0.29, 0.717) is 5.75 Å². The van der Waals surface area contributed by atoms with Crippen LogP contribution in [0.15, 0.2) is 18.2 Å². The minimum absolute atomic E-state index is 0.198. The predicted molar refractivity (Wildman–Crippen MR) is 66.3 cm³/mol. The molecule has 1 fully saturated rings. The van der Waals surface area contributed by atoms with E-state index >= 15 is 0 Å². The number of carboxylic acids is 1. The number of carbonyl (C=O) groups is 2. The van der Waals surface area contributed by atoms with Gasteiger partial charge in [0.05, 0.1) is 11.4 Å². The molecule has 96 valence electrons. The molecule has 1 aliphatic heterocycles. The molecule has 7 heteroatoms. The van der Waals surface area contributed by atoms with Crippen LogP contribution in [-0.2, 0) is 4.79 Å². The minimum Gasteiger partial charge on any atom is -0.480 e. The zero-order valence-corrected chi connectivity index (χ0v) is 10.7. The van der Waals surface area contributed by atoms with Crippen molar-refractivity contribution in [2.24, 2.45) is 0 Å². The fraction of sp³-hybridized carbons (Fsp3) is 0.273. The molecule has 0 saturated carbocycles. The van der Waals surface area contributed by atoms with Gasteiger partial charge in [0.15, 0.2) is 0 Å². The maximum Gasteiger partial charge on any atom is 0.327 e. The molecule has 0 radical (unpaired) electrons. The molecule has 2 rings (SSSR count). The second kappa shape index (κ2) is 5.16. The third-order valence-corrected chi connectivity index (χ3v) is 3.83. The van der Waals surface area contributed by atoms with Crippen molar-refractivity contribution in [1.29, 1.82) is 0 Å². The zero-order chi connectivity index (χ0) is 13.3. The van der Waals surface area contributed by atoms with Gasteiger partial charge in [-0.25, -0.2) is 9.18 Å².